The van der Waals surface area contributed by atoms with Crippen LogP contribution in [0.1, 0.15) is 5.56 Å². The van der Waals surface area contributed by atoms with Crippen molar-refractivity contribution < 1.29 is 4.42 Å². The molecule has 0 aliphatic heterocycles. The number of oxazole rings is 1. The van der Waals surface area contributed by atoms with E-state index in [-0.39, 0.29) is 0 Å². The highest BCUT2D eigenvalue weighted by atomic mass is 16.3. The Labute approximate surface area is 92.8 Å². The van der Waals surface area contributed by atoms with E-state index in [0.717, 1.165) is 16.8 Å². The van der Waals surface area contributed by atoms with Crippen LogP contribution in [0.4, 0.5) is 0 Å². The first-order valence-corrected chi connectivity index (χ1v) is 5.11. The van der Waals surface area contributed by atoms with Crippen molar-refractivity contribution >= 4 is 11.1 Å². The zero-order valence-electron chi connectivity index (χ0n) is 8.84. The molecular weight excluding hydrogens is 200 g/mol. The normalized spacial score (nSPS) is 10.8. The predicted octanol–water partition coefficient (Wildman–Crippen LogP) is 3.20. The lowest BCUT2D eigenvalue weighted by atomic mass is 10.2. The minimum atomic E-state index is 0.571. The average Bonchev–Trinajstić information content (AvgIpc) is 2.73. The molecule has 0 spiro atoms. The maximum atomic E-state index is 5.64. The Balaban J connectivity index is 2.19. The summed E-state index contributed by atoms with van der Waals surface area (Å²) in [4.78, 5) is 8.63. The Morgan fingerprint density at radius 1 is 1.12 bits per heavy atom. The summed E-state index contributed by atoms with van der Waals surface area (Å²) in [6, 6.07) is 11.6. The van der Waals surface area contributed by atoms with E-state index in [9.17, 15) is 0 Å². The third kappa shape index (κ3) is 1.46. The van der Waals surface area contributed by atoms with Crippen molar-refractivity contribution in [1.82, 2.24) is 9.97 Å². The number of pyridine rings is 1. The van der Waals surface area contributed by atoms with Gasteiger partial charge in [-0.2, -0.15) is 0 Å². The van der Waals surface area contributed by atoms with Crippen molar-refractivity contribution in [3.8, 4) is 11.6 Å². The number of rotatable bonds is 1. The van der Waals surface area contributed by atoms with Crippen molar-refractivity contribution in [3.63, 3.8) is 0 Å². The molecule has 3 heteroatoms. The second-order valence-corrected chi connectivity index (χ2v) is 3.71. The number of aryl methyl sites for hydroxylation is 1. The zero-order valence-corrected chi connectivity index (χ0v) is 8.84. The fourth-order valence-electron chi connectivity index (χ4n) is 1.64. The molecule has 2 aromatic heterocycles. The van der Waals surface area contributed by atoms with Crippen molar-refractivity contribution in [3.05, 3.63) is 48.2 Å². The number of benzene rings is 1. The summed E-state index contributed by atoms with van der Waals surface area (Å²) in [6.07, 6.45) is 1.73. The second-order valence-electron chi connectivity index (χ2n) is 3.71. The van der Waals surface area contributed by atoms with Crippen LogP contribution in [0.3, 0.4) is 0 Å². The smallest absolute Gasteiger partial charge is 0.246 e. The fourth-order valence-corrected chi connectivity index (χ4v) is 1.64. The van der Waals surface area contributed by atoms with Gasteiger partial charge < -0.3 is 4.42 Å². The van der Waals surface area contributed by atoms with E-state index in [1.54, 1.807) is 6.20 Å². The average molecular weight is 210 g/mol. The van der Waals surface area contributed by atoms with Crippen LogP contribution in [-0.2, 0) is 0 Å². The van der Waals surface area contributed by atoms with E-state index in [1.165, 1.54) is 5.56 Å². The molecule has 0 saturated heterocycles. The van der Waals surface area contributed by atoms with E-state index in [4.69, 9.17) is 4.42 Å². The lowest BCUT2D eigenvalue weighted by molar-refractivity contribution is 0.617. The number of fused-ring (bicyclic) bond motifs is 1. The molecule has 0 bridgehead atoms. The summed E-state index contributed by atoms with van der Waals surface area (Å²) in [5.74, 6) is 0.571. The second kappa shape index (κ2) is 3.45. The first kappa shape index (κ1) is 9.09. The van der Waals surface area contributed by atoms with Gasteiger partial charge in [0.15, 0.2) is 5.58 Å². The Kier molecular flexibility index (Phi) is 1.96. The SMILES string of the molecule is Cc1ccc2oc(-c3ccccn3)nc2c1. The van der Waals surface area contributed by atoms with Crippen LogP contribution in [0.5, 0.6) is 0 Å². The zero-order chi connectivity index (χ0) is 11.0. The monoisotopic (exact) mass is 210 g/mol. The Bertz CT molecular complexity index is 629. The van der Waals surface area contributed by atoms with E-state index < -0.39 is 0 Å². The molecule has 78 valence electrons. The van der Waals surface area contributed by atoms with Crippen LogP contribution in [0.25, 0.3) is 22.7 Å². The van der Waals surface area contributed by atoms with Gasteiger partial charge in [-0.1, -0.05) is 12.1 Å². The maximum absolute atomic E-state index is 5.64. The minimum absolute atomic E-state index is 0.571. The van der Waals surface area contributed by atoms with Crippen LogP contribution >= 0.6 is 0 Å². The summed E-state index contributed by atoms with van der Waals surface area (Å²) in [7, 11) is 0. The summed E-state index contributed by atoms with van der Waals surface area (Å²) in [5.41, 5.74) is 3.61. The predicted molar refractivity (Wildman–Crippen MR) is 62.0 cm³/mol. The third-order valence-corrected chi connectivity index (χ3v) is 2.43. The third-order valence-electron chi connectivity index (χ3n) is 2.43. The summed E-state index contributed by atoms with van der Waals surface area (Å²) in [6.45, 7) is 2.04. The van der Waals surface area contributed by atoms with Gasteiger partial charge in [0.05, 0.1) is 0 Å². The van der Waals surface area contributed by atoms with Gasteiger partial charge >= 0.3 is 0 Å². The molecule has 2 heterocycles. The molecule has 0 amide bonds. The van der Waals surface area contributed by atoms with Crippen LogP contribution in [-0.4, -0.2) is 9.97 Å². The molecule has 0 radical (unpaired) electrons. The Morgan fingerprint density at radius 3 is 2.88 bits per heavy atom. The van der Waals surface area contributed by atoms with Gasteiger partial charge in [0, 0.05) is 6.20 Å². The van der Waals surface area contributed by atoms with E-state index in [0.29, 0.717) is 5.89 Å². The molecule has 3 rings (SSSR count). The van der Waals surface area contributed by atoms with E-state index >= 15 is 0 Å². The Morgan fingerprint density at radius 2 is 2.06 bits per heavy atom. The molecule has 0 aliphatic carbocycles. The maximum Gasteiger partial charge on any atom is 0.246 e. The van der Waals surface area contributed by atoms with Crippen LogP contribution < -0.4 is 0 Å². The summed E-state index contributed by atoms with van der Waals surface area (Å²) < 4.78 is 5.64. The molecular formula is C13H10N2O. The highest BCUT2D eigenvalue weighted by Gasteiger charge is 2.08. The molecule has 0 N–H and O–H groups in total. The van der Waals surface area contributed by atoms with Crippen LogP contribution in [0.15, 0.2) is 47.0 Å². The van der Waals surface area contributed by atoms with Crippen LogP contribution in [0, 0.1) is 6.92 Å². The van der Waals surface area contributed by atoms with Gasteiger partial charge in [0.25, 0.3) is 0 Å². The van der Waals surface area contributed by atoms with Gasteiger partial charge in [-0.25, -0.2) is 4.98 Å². The van der Waals surface area contributed by atoms with E-state index in [2.05, 4.69) is 9.97 Å². The number of nitrogens with zero attached hydrogens (tertiary/aromatic N) is 2. The number of aromatic nitrogens is 2. The molecule has 0 atom stereocenters. The first-order valence-electron chi connectivity index (χ1n) is 5.11. The van der Waals surface area contributed by atoms with Gasteiger partial charge in [0.1, 0.15) is 11.2 Å². The highest BCUT2D eigenvalue weighted by Crippen LogP contribution is 2.22. The molecule has 3 aromatic rings. The van der Waals surface area contributed by atoms with Crippen LogP contribution in [0.2, 0.25) is 0 Å². The first-order chi connectivity index (χ1) is 7.83. The summed E-state index contributed by atoms with van der Waals surface area (Å²) in [5, 5.41) is 0. The summed E-state index contributed by atoms with van der Waals surface area (Å²) >= 11 is 0. The highest BCUT2D eigenvalue weighted by molar-refractivity contribution is 5.76. The van der Waals surface area contributed by atoms with Crippen molar-refractivity contribution in [2.24, 2.45) is 0 Å². The number of hydrogen-bond donors (Lipinski definition) is 0. The molecule has 3 nitrogen and oxygen atoms in total. The number of hydrogen-bond acceptors (Lipinski definition) is 3. The standard InChI is InChI=1S/C13H10N2O/c1-9-5-6-12-11(8-9)15-13(16-12)10-4-2-3-7-14-10/h2-8H,1H3. The molecule has 0 unspecified atom stereocenters. The van der Waals surface area contributed by atoms with Gasteiger partial charge in [0.2, 0.25) is 5.89 Å². The van der Waals surface area contributed by atoms with Gasteiger partial charge in [-0.05, 0) is 36.8 Å². The lowest BCUT2D eigenvalue weighted by Gasteiger charge is -1.90. The van der Waals surface area contributed by atoms with Crippen molar-refractivity contribution in [2.45, 2.75) is 6.92 Å². The molecule has 16 heavy (non-hydrogen) atoms. The van der Waals surface area contributed by atoms with Gasteiger partial charge in [-0.15, -0.1) is 0 Å². The molecule has 1 aromatic carbocycles. The molecule has 0 aliphatic rings. The van der Waals surface area contributed by atoms with Crippen molar-refractivity contribution in [2.75, 3.05) is 0 Å². The fraction of sp³-hybridized carbons (Fsp3) is 0.0769. The van der Waals surface area contributed by atoms with Gasteiger partial charge in [-0.3, -0.25) is 4.98 Å². The van der Waals surface area contributed by atoms with Crippen molar-refractivity contribution in [1.29, 1.82) is 0 Å². The minimum Gasteiger partial charge on any atom is -0.435 e. The molecule has 0 saturated carbocycles. The topological polar surface area (TPSA) is 38.9 Å². The Hall–Kier alpha value is -2.16. The largest absolute Gasteiger partial charge is 0.435 e. The quantitative estimate of drug-likeness (QED) is 0.619. The van der Waals surface area contributed by atoms with E-state index in [1.807, 2.05) is 43.3 Å². The lowest BCUT2D eigenvalue weighted by Crippen LogP contribution is -1.80. The molecule has 0 fully saturated rings.